The van der Waals surface area contributed by atoms with Crippen molar-refractivity contribution in [1.82, 2.24) is 20.4 Å². The number of amides is 1. The molecule has 0 saturated carbocycles. The molecule has 0 unspecified atom stereocenters. The van der Waals surface area contributed by atoms with Crippen molar-refractivity contribution in [2.75, 3.05) is 26.2 Å². The van der Waals surface area contributed by atoms with Crippen LogP contribution in [0.3, 0.4) is 0 Å². The van der Waals surface area contributed by atoms with Crippen molar-refractivity contribution in [2.45, 2.75) is 39.0 Å². The lowest BCUT2D eigenvalue weighted by Crippen LogP contribution is -2.28. The second kappa shape index (κ2) is 8.76. The van der Waals surface area contributed by atoms with Crippen LogP contribution in [0.15, 0.2) is 28.8 Å². The van der Waals surface area contributed by atoms with Crippen molar-refractivity contribution in [3.05, 3.63) is 35.7 Å². The molecule has 1 amide bonds. The molecule has 1 aliphatic heterocycles. The van der Waals surface area contributed by atoms with Gasteiger partial charge in [0, 0.05) is 24.9 Å². The first kappa shape index (κ1) is 17.6. The molecule has 25 heavy (non-hydrogen) atoms. The summed E-state index contributed by atoms with van der Waals surface area (Å²) < 4.78 is 5.25. The third kappa shape index (κ3) is 5.39. The van der Waals surface area contributed by atoms with Crippen LogP contribution in [0.1, 0.15) is 37.1 Å². The van der Waals surface area contributed by atoms with Crippen LogP contribution in [0, 0.1) is 6.92 Å². The average molecular weight is 342 g/mol. The van der Waals surface area contributed by atoms with E-state index in [0.29, 0.717) is 24.6 Å². The predicted molar refractivity (Wildman–Crippen MR) is 96.1 cm³/mol. The standard InChI is InChI=1S/C19H26N4O2/c1-15-5-7-16(8-6-15)19-21-18(25-22-19)10-9-17(24)20-11-4-14-23-12-2-3-13-23/h5-8H,2-4,9-14H2,1H3,(H,20,24). The van der Waals surface area contributed by atoms with Crippen LogP contribution in [0.2, 0.25) is 0 Å². The fraction of sp³-hybridized carbons (Fsp3) is 0.526. The van der Waals surface area contributed by atoms with Gasteiger partial charge in [-0.3, -0.25) is 4.79 Å². The van der Waals surface area contributed by atoms with E-state index < -0.39 is 0 Å². The number of aryl methyl sites for hydroxylation is 2. The summed E-state index contributed by atoms with van der Waals surface area (Å²) in [5.74, 6) is 1.11. The lowest BCUT2D eigenvalue weighted by atomic mass is 10.1. The summed E-state index contributed by atoms with van der Waals surface area (Å²) in [4.78, 5) is 18.7. The van der Waals surface area contributed by atoms with Crippen molar-refractivity contribution in [2.24, 2.45) is 0 Å². The number of likely N-dealkylation sites (tertiary alicyclic amines) is 1. The zero-order valence-corrected chi connectivity index (χ0v) is 14.8. The molecular weight excluding hydrogens is 316 g/mol. The van der Waals surface area contributed by atoms with Gasteiger partial charge in [0.2, 0.25) is 17.6 Å². The molecule has 0 aliphatic carbocycles. The first-order valence-electron chi connectivity index (χ1n) is 9.09. The van der Waals surface area contributed by atoms with E-state index in [-0.39, 0.29) is 5.91 Å². The summed E-state index contributed by atoms with van der Waals surface area (Å²) in [5, 5.41) is 6.96. The highest BCUT2D eigenvalue weighted by atomic mass is 16.5. The first-order valence-corrected chi connectivity index (χ1v) is 9.09. The molecule has 1 fully saturated rings. The van der Waals surface area contributed by atoms with Crippen LogP contribution in [-0.2, 0) is 11.2 Å². The maximum absolute atomic E-state index is 11.9. The summed E-state index contributed by atoms with van der Waals surface area (Å²) in [6.45, 7) is 6.25. The average Bonchev–Trinajstić information content (AvgIpc) is 3.29. The van der Waals surface area contributed by atoms with E-state index in [9.17, 15) is 4.79 Å². The monoisotopic (exact) mass is 342 g/mol. The van der Waals surface area contributed by atoms with E-state index in [1.54, 1.807) is 0 Å². The molecule has 1 aromatic heterocycles. The zero-order valence-electron chi connectivity index (χ0n) is 14.8. The maximum atomic E-state index is 11.9. The quantitative estimate of drug-likeness (QED) is 0.747. The number of carbonyl (C=O) groups is 1. The number of hydrogen-bond donors (Lipinski definition) is 1. The molecule has 6 nitrogen and oxygen atoms in total. The number of nitrogens with zero attached hydrogens (tertiary/aromatic N) is 3. The van der Waals surface area contributed by atoms with Crippen molar-refractivity contribution in [3.63, 3.8) is 0 Å². The van der Waals surface area contributed by atoms with Gasteiger partial charge in [0.05, 0.1) is 0 Å². The molecule has 0 atom stereocenters. The van der Waals surface area contributed by atoms with E-state index in [1.807, 2.05) is 31.2 Å². The van der Waals surface area contributed by atoms with E-state index in [1.165, 1.54) is 31.5 Å². The van der Waals surface area contributed by atoms with Crippen LogP contribution in [0.25, 0.3) is 11.4 Å². The molecule has 1 aliphatic rings. The second-order valence-electron chi connectivity index (χ2n) is 6.63. The van der Waals surface area contributed by atoms with Gasteiger partial charge in [-0.15, -0.1) is 0 Å². The number of benzene rings is 1. The number of rotatable bonds is 8. The summed E-state index contributed by atoms with van der Waals surface area (Å²) >= 11 is 0. The van der Waals surface area contributed by atoms with Gasteiger partial charge in [0.25, 0.3) is 0 Å². The van der Waals surface area contributed by atoms with E-state index in [4.69, 9.17) is 4.52 Å². The normalized spacial score (nSPS) is 14.8. The SMILES string of the molecule is Cc1ccc(-c2noc(CCC(=O)NCCCN3CCCC3)n2)cc1. The fourth-order valence-corrected chi connectivity index (χ4v) is 3.02. The van der Waals surface area contributed by atoms with E-state index in [2.05, 4.69) is 20.4 Å². The van der Waals surface area contributed by atoms with E-state index >= 15 is 0 Å². The first-order chi connectivity index (χ1) is 12.2. The fourth-order valence-electron chi connectivity index (χ4n) is 3.02. The smallest absolute Gasteiger partial charge is 0.227 e. The maximum Gasteiger partial charge on any atom is 0.227 e. The summed E-state index contributed by atoms with van der Waals surface area (Å²) in [5.41, 5.74) is 2.11. The molecule has 6 heteroatoms. The molecule has 2 aromatic rings. The molecule has 0 bridgehead atoms. The molecule has 1 N–H and O–H groups in total. The van der Waals surface area contributed by atoms with Gasteiger partial charge in [-0.25, -0.2) is 0 Å². The minimum Gasteiger partial charge on any atom is -0.356 e. The minimum atomic E-state index is 0.0384. The molecule has 0 spiro atoms. The van der Waals surface area contributed by atoms with Gasteiger partial charge >= 0.3 is 0 Å². The van der Waals surface area contributed by atoms with Crippen molar-refractivity contribution in [1.29, 1.82) is 0 Å². The van der Waals surface area contributed by atoms with Crippen molar-refractivity contribution in [3.8, 4) is 11.4 Å². The van der Waals surface area contributed by atoms with Gasteiger partial charge in [-0.1, -0.05) is 35.0 Å². The Labute approximate surface area is 148 Å². The lowest BCUT2D eigenvalue weighted by Gasteiger charge is -2.14. The number of aromatic nitrogens is 2. The van der Waals surface area contributed by atoms with Crippen LogP contribution < -0.4 is 5.32 Å². The Morgan fingerprint density at radius 1 is 1.24 bits per heavy atom. The summed E-state index contributed by atoms with van der Waals surface area (Å²) in [6.07, 6.45) is 4.46. The number of nitrogens with one attached hydrogen (secondary N) is 1. The Balaban J connectivity index is 1.36. The van der Waals surface area contributed by atoms with Gasteiger partial charge in [-0.05, 0) is 45.8 Å². The zero-order chi connectivity index (χ0) is 17.5. The van der Waals surface area contributed by atoms with Crippen LogP contribution >= 0.6 is 0 Å². The molecule has 3 rings (SSSR count). The predicted octanol–water partition coefficient (Wildman–Crippen LogP) is 2.58. The summed E-state index contributed by atoms with van der Waals surface area (Å²) in [7, 11) is 0. The Bertz CT molecular complexity index is 675. The van der Waals surface area contributed by atoms with Crippen LogP contribution in [0.5, 0.6) is 0 Å². The summed E-state index contributed by atoms with van der Waals surface area (Å²) in [6, 6.07) is 7.97. The molecule has 1 saturated heterocycles. The third-order valence-corrected chi connectivity index (χ3v) is 4.52. The molecule has 0 radical (unpaired) electrons. The lowest BCUT2D eigenvalue weighted by molar-refractivity contribution is -0.121. The molecular formula is C19H26N4O2. The third-order valence-electron chi connectivity index (χ3n) is 4.52. The molecule has 1 aromatic carbocycles. The number of carbonyl (C=O) groups excluding carboxylic acids is 1. The highest BCUT2D eigenvalue weighted by Crippen LogP contribution is 2.16. The molecule has 134 valence electrons. The Morgan fingerprint density at radius 3 is 2.76 bits per heavy atom. The highest BCUT2D eigenvalue weighted by Gasteiger charge is 2.12. The van der Waals surface area contributed by atoms with Gasteiger partial charge in [0.15, 0.2) is 0 Å². The Morgan fingerprint density at radius 2 is 2.00 bits per heavy atom. The van der Waals surface area contributed by atoms with Crippen LogP contribution in [0.4, 0.5) is 0 Å². The topological polar surface area (TPSA) is 71.3 Å². The minimum absolute atomic E-state index is 0.0384. The Kier molecular flexibility index (Phi) is 6.17. The van der Waals surface area contributed by atoms with Gasteiger partial charge in [-0.2, -0.15) is 4.98 Å². The van der Waals surface area contributed by atoms with Crippen molar-refractivity contribution < 1.29 is 9.32 Å². The van der Waals surface area contributed by atoms with Gasteiger partial charge in [0.1, 0.15) is 0 Å². The van der Waals surface area contributed by atoms with E-state index in [0.717, 1.165) is 25.1 Å². The van der Waals surface area contributed by atoms with Crippen molar-refractivity contribution >= 4 is 5.91 Å². The van der Waals surface area contributed by atoms with Gasteiger partial charge < -0.3 is 14.7 Å². The highest BCUT2D eigenvalue weighted by molar-refractivity contribution is 5.75. The van der Waals surface area contributed by atoms with Crippen LogP contribution in [-0.4, -0.2) is 47.1 Å². The Hall–Kier alpha value is -2.21. The number of hydrogen-bond acceptors (Lipinski definition) is 5. The second-order valence-corrected chi connectivity index (χ2v) is 6.63. The molecule has 2 heterocycles. The largest absolute Gasteiger partial charge is 0.356 e.